The number of benzene rings is 1. The van der Waals surface area contributed by atoms with Crippen LogP contribution in [0.2, 0.25) is 0 Å². The number of aromatic hydroxyl groups is 1. The van der Waals surface area contributed by atoms with Gasteiger partial charge in [-0.3, -0.25) is 0 Å². The Labute approximate surface area is 89.2 Å². The summed E-state index contributed by atoms with van der Waals surface area (Å²) in [5.74, 6) is 0.123. The van der Waals surface area contributed by atoms with Crippen molar-refractivity contribution >= 4 is 53.5 Å². The quantitative estimate of drug-likeness (QED) is 0.560. The lowest BCUT2D eigenvalue weighted by molar-refractivity contribution is 0.471. The second-order valence-electron chi connectivity index (χ2n) is 1.93. The summed E-state index contributed by atoms with van der Waals surface area (Å²) in [6.07, 6.45) is 0. The van der Waals surface area contributed by atoms with Crippen LogP contribution in [-0.4, -0.2) is 5.11 Å². The SMILES string of the molecule is Nc1cc(O)c(Br)c(Br)c1Br. The van der Waals surface area contributed by atoms with Crippen LogP contribution in [0, 0.1) is 0 Å². The molecule has 3 N–H and O–H groups in total. The smallest absolute Gasteiger partial charge is 0.133 e. The zero-order valence-electron chi connectivity index (χ0n) is 5.24. The molecule has 60 valence electrons. The topological polar surface area (TPSA) is 46.2 Å². The van der Waals surface area contributed by atoms with E-state index < -0.39 is 0 Å². The van der Waals surface area contributed by atoms with Crippen LogP contribution in [-0.2, 0) is 0 Å². The number of hydrogen-bond donors (Lipinski definition) is 2. The van der Waals surface area contributed by atoms with E-state index in [0.717, 1.165) is 8.95 Å². The molecule has 0 aliphatic carbocycles. The number of phenols is 1. The number of nitrogen functional groups attached to an aromatic ring is 1. The van der Waals surface area contributed by atoms with E-state index in [2.05, 4.69) is 47.8 Å². The average Bonchev–Trinajstić information content (AvgIpc) is 1.97. The summed E-state index contributed by atoms with van der Waals surface area (Å²) in [6, 6.07) is 1.47. The second-order valence-corrected chi connectivity index (χ2v) is 4.31. The minimum absolute atomic E-state index is 0.123. The maximum absolute atomic E-state index is 9.23. The highest BCUT2D eigenvalue weighted by atomic mass is 79.9. The molecule has 0 aliphatic heterocycles. The van der Waals surface area contributed by atoms with Crippen molar-refractivity contribution in [3.63, 3.8) is 0 Å². The number of nitrogens with two attached hydrogens (primary N) is 1. The number of hydrogen-bond acceptors (Lipinski definition) is 2. The van der Waals surface area contributed by atoms with Gasteiger partial charge in [-0.2, -0.15) is 0 Å². The first kappa shape index (κ1) is 9.35. The normalized spacial score (nSPS) is 10.1. The molecule has 0 atom stereocenters. The molecule has 1 rings (SSSR count). The minimum atomic E-state index is 0.123. The third-order valence-electron chi connectivity index (χ3n) is 1.16. The van der Waals surface area contributed by atoms with Crippen molar-refractivity contribution in [2.45, 2.75) is 0 Å². The van der Waals surface area contributed by atoms with Crippen LogP contribution in [0.15, 0.2) is 19.5 Å². The third-order valence-corrected chi connectivity index (χ3v) is 4.67. The lowest BCUT2D eigenvalue weighted by Crippen LogP contribution is -1.87. The van der Waals surface area contributed by atoms with E-state index in [4.69, 9.17) is 5.73 Å². The molecule has 0 saturated carbocycles. The van der Waals surface area contributed by atoms with Crippen molar-refractivity contribution < 1.29 is 5.11 Å². The van der Waals surface area contributed by atoms with Crippen molar-refractivity contribution in [2.75, 3.05) is 5.73 Å². The van der Waals surface area contributed by atoms with Gasteiger partial charge in [-0.05, 0) is 47.8 Å². The summed E-state index contributed by atoms with van der Waals surface area (Å²) in [4.78, 5) is 0. The van der Waals surface area contributed by atoms with Gasteiger partial charge < -0.3 is 10.8 Å². The lowest BCUT2D eigenvalue weighted by Gasteiger charge is -2.04. The van der Waals surface area contributed by atoms with Gasteiger partial charge >= 0.3 is 0 Å². The fourth-order valence-electron chi connectivity index (χ4n) is 0.610. The number of phenolic OH excluding ortho intramolecular Hbond substituents is 1. The van der Waals surface area contributed by atoms with Gasteiger partial charge in [0.1, 0.15) is 5.75 Å². The van der Waals surface area contributed by atoms with Crippen LogP contribution < -0.4 is 5.73 Å². The van der Waals surface area contributed by atoms with Gasteiger partial charge in [0.05, 0.1) is 19.1 Å². The van der Waals surface area contributed by atoms with Gasteiger partial charge in [0.2, 0.25) is 0 Å². The Hall–Kier alpha value is 0.260. The van der Waals surface area contributed by atoms with E-state index in [-0.39, 0.29) is 5.75 Å². The Balaban J connectivity index is 3.46. The lowest BCUT2D eigenvalue weighted by atomic mass is 10.3. The van der Waals surface area contributed by atoms with E-state index in [0.29, 0.717) is 10.2 Å². The largest absolute Gasteiger partial charge is 0.507 e. The molecule has 1 aromatic rings. The molecule has 1 aromatic carbocycles. The van der Waals surface area contributed by atoms with Crippen LogP contribution in [0.1, 0.15) is 0 Å². The standard InChI is InChI=1S/C6H4Br3NO/c7-4-2(10)1-3(11)5(8)6(4)9/h1,11H,10H2. The second kappa shape index (κ2) is 3.33. The van der Waals surface area contributed by atoms with Crippen LogP contribution in [0.25, 0.3) is 0 Å². The van der Waals surface area contributed by atoms with E-state index >= 15 is 0 Å². The Morgan fingerprint density at radius 2 is 1.64 bits per heavy atom. The fraction of sp³-hybridized carbons (Fsp3) is 0. The first-order chi connectivity index (χ1) is 5.04. The van der Waals surface area contributed by atoms with Crippen molar-refractivity contribution in [2.24, 2.45) is 0 Å². The van der Waals surface area contributed by atoms with Crippen LogP contribution in [0.4, 0.5) is 5.69 Å². The van der Waals surface area contributed by atoms with Gasteiger partial charge in [-0.25, -0.2) is 0 Å². The molecule has 5 heteroatoms. The highest BCUT2D eigenvalue weighted by Gasteiger charge is 2.09. The molecule has 0 aromatic heterocycles. The molecule has 0 bridgehead atoms. The summed E-state index contributed by atoms with van der Waals surface area (Å²) in [6.45, 7) is 0. The van der Waals surface area contributed by atoms with Gasteiger partial charge in [-0.15, -0.1) is 0 Å². The van der Waals surface area contributed by atoms with E-state index in [1.54, 1.807) is 0 Å². The molecule has 0 aliphatic rings. The minimum Gasteiger partial charge on any atom is -0.507 e. The molecule has 11 heavy (non-hydrogen) atoms. The zero-order chi connectivity index (χ0) is 8.59. The molecule has 0 heterocycles. The summed E-state index contributed by atoms with van der Waals surface area (Å²) >= 11 is 9.68. The molecule has 0 fully saturated rings. The van der Waals surface area contributed by atoms with Gasteiger partial charge in [0.25, 0.3) is 0 Å². The highest BCUT2D eigenvalue weighted by molar-refractivity contribution is 9.14. The predicted molar refractivity (Wildman–Crippen MR) is 55.6 cm³/mol. The highest BCUT2D eigenvalue weighted by Crippen LogP contribution is 2.40. The van der Waals surface area contributed by atoms with Crippen LogP contribution >= 0.6 is 47.8 Å². The molecule has 0 radical (unpaired) electrons. The number of halogens is 3. The predicted octanol–water partition coefficient (Wildman–Crippen LogP) is 3.26. The summed E-state index contributed by atoms with van der Waals surface area (Å²) < 4.78 is 2.05. The monoisotopic (exact) mass is 343 g/mol. The summed E-state index contributed by atoms with van der Waals surface area (Å²) in [5, 5.41) is 9.23. The Kier molecular flexibility index (Phi) is 2.83. The molecular weight excluding hydrogens is 342 g/mol. The molecule has 0 saturated heterocycles. The Bertz CT molecular complexity index is 274. The Morgan fingerprint density at radius 3 is 2.18 bits per heavy atom. The summed E-state index contributed by atoms with van der Waals surface area (Å²) in [7, 11) is 0. The van der Waals surface area contributed by atoms with Gasteiger partial charge in [0.15, 0.2) is 0 Å². The van der Waals surface area contributed by atoms with Crippen LogP contribution in [0.3, 0.4) is 0 Å². The number of rotatable bonds is 0. The van der Waals surface area contributed by atoms with Gasteiger partial charge in [0, 0.05) is 6.07 Å². The van der Waals surface area contributed by atoms with Crippen molar-refractivity contribution in [1.82, 2.24) is 0 Å². The van der Waals surface area contributed by atoms with Crippen molar-refractivity contribution in [3.8, 4) is 5.75 Å². The zero-order valence-corrected chi connectivity index (χ0v) is 9.99. The average molecular weight is 346 g/mol. The molecule has 0 unspecified atom stereocenters. The molecule has 0 spiro atoms. The first-order valence-corrected chi connectivity index (χ1v) is 5.04. The number of anilines is 1. The first-order valence-electron chi connectivity index (χ1n) is 2.66. The fourth-order valence-corrected chi connectivity index (χ4v) is 1.93. The van der Waals surface area contributed by atoms with E-state index in [1.807, 2.05) is 0 Å². The molecular formula is C6H4Br3NO. The Morgan fingerprint density at radius 1 is 1.09 bits per heavy atom. The molecule has 0 amide bonds. The maximum atomic E-state index is 9.23. The summed E-state index contributed by atoms with van der Waals surface area (Å²) in [5.41, 5.74) is 6.03. The third kappa shape index (κ3) is 1.71. The van der Waals surface area contributed by atoms with Crippen molar-refractivity contribution in [3.05, 3.63) is 19.5 Å². The van der Waals surface area contributed by atoms with Crippen molar-refractivity contribution in [1.29, 1.82) is 0 Å². The maximum Gasteiger partial charge on any atom is 0.133 e. The van der Waals surface area contributed by atoms with E-state index in [1.165, 1.54) is 6.07 Å². The van der Waals surface area contributed by atoms with Gasteiger partial charge in [-0.1, -0.05) is 0 Å². The van der Waals surface area contributed by atoms with E-state index in [9.17, 15) is 5.11 Å². The molecule has 2 nitrogen and oxygen atoms in total. The van der Waals surface area contributed by atoms with Crippen LogP contribution in [0.5, 0.6) is 5.75 Å².